The Morgan fingerprint density at radius 2 is 1.64 bits per heavy atom. The Kier molecular flexibility index (Phi) is 6.71. The molecule has 25 heavy (non-hydrogen) atoms. The van der Waals surface area contributed by atoms with E-state index in [9.17, 15) is 9.59 Å². The maximum Gasteiger partial charge on any atom is 0.413 e. The summed E-state index contributed by atoms with van der Waals surface area (Å²) in [5.74, 6) is -0.367. The topological polar surface area (TPSA) is 88.5 Å². The predicted octanol–water partition coefficient (Wildman–Crippen LogP) is 3.04. The predicted molar refractivity (Wildman–Crippen MR) is 93.4 cm³/mol. The van der Waals surface area contributed by atoms with Gasteiger partial charge in [0.25, 0.3) is 0 Å². The third-order valence-electron chi connectivity index (χ3n) is 3.34. The number of benzene rings is 2. The summed E-state index contributed by atoms with van der Waals surface area (Å²) in [6.07, 6.45) is -0.516. The van der Waals surface area contributed by atoms with Crippen LogP contribution in [0.4, 0.5) is 4.79 Å². The molecule has 6 heteroatoms. The molecule has 0 fully saturated rings. The molecule has 2 aromatic rings. The Morgan fingerprint density at radius 1 is 0.960 bits per heavy atom. The molecule has 0 atom stereocenters. The Labute approximate surface area is 146 Å². The van der Waals surface area contributed by atoms with Gasteiger partial charge >= 0.3 is 12.1 Å². The number of hydrogen-bond donors (Lipinski definition) is 2. The molecule has 0 saturated heterocycles. The van der Waals surface area contributed by atoms with Crippen molar-refractivity contribution in [2.45, 2.75) is 20.0 Å². The third-order valence-corrected chi connectivity index (χ3v) is 3.34. The van der Waals surface area contributed by atoms with E-state index in [1.165, 1.54) is 0 Å². The molecule has 0 spiro atoms. The molecule has 0 bridgehead atoms. The lowest BCUT2D eigenvalue weighted by Crippen LogP contribution is -2.31. The number of hydrogen-bond acceptors (Lipinski definition) is 5. The van der Waals surface area contributed by atoms with Gasteiger partial charge < -0.3 is 9.47 Å². The van der Waals surface area contributed by atoms with Gasteiger partial charge in [0.15, 0.2) is 0 Å². The molecule has 0 aliphatic carbocycles. The summed E-state index contributed by atoms with van der Waals surface area (Å²) in [6, 6.07) is 16.1. The van der Waals surface area contributed by atoms with Crippen LogP contribution < -0.4 is 5.32 Å². The van der Waals surface area contributed by atoms with Gasteiger partial charge in [0.1, 0.15) is 12.4 Å². The highest BCUT2D eigenvalue weighted by Gasteiger charge is 2.09. The largest absolute Gasteiger partial charge is 0.466 e. The van der Waals surface area contributed by atoms with E-state index < -0.39 is 6.09 Å². The quantitative estimate of drug-likeness (QED) is 0.480. The van der Waals surface area contributed by atoms with Gasteiger partial charge in [-0.05, 0) is 18.1 Å². The van der Waals surface area contributed by atoms with Crippen LogP contribution in [-0.4, -0.2) is 24.5 Å². The van der Waals surface area contributed by atoms with E-state index in [1.54, 1.807) is 31.2 Å². The second-order valence-electron chi connectivity index (χ2n) is 5.24. The maximum absolute atomic E-state index is 11.7. The van der Waals surface area contributed by atoms with Crippen LogP contribution in [0.3, 0.4) is 0 Å². The van der Waals surface area contributed by atoms with Crippen molar-refractivity contribution in [1.29, 1.82) is 5.41 Å². The second-order valence-corrected chi connectivity index (χ2v) is 5.24. The number of ether oxygens (including phenoxy) is 2. The highest BCUT2D eigenvalue weighted by atomic mass is 16.5. The van der Waals surface area contributed by atoms with E-state index in [1.807, 2.05) is 30.3 Å². The molecule has 6 nitrogen and oxygen atoms in total. The van der Waals surface area contributed by atoms with Gasteiger partial charge in [0, 0.05) is 5.56 Å². The first-order valence-electron chi connectivity index (χ1n) is 7.89. The second kappa shape index (κ2) is 9.22. The van der Waals surface area contributed by atoms with Gasteiger partial charge in [-0.1, -0.05) is 54.6 Å². The summed E-state index contributed by atoms with van der Waals surface area (Å²) in [5, 5.41) is 10.3. The van der Waals surface area contributed by atoms with Gasteiger partial charge in [0.2, 0.25) is 0 Å². The monoisotopic (exact) mass is 340 g/mol. The van der Waals surface area contributed by atoms with Crippen LogP contribution in [0.15, 0.2) is 54.6 Å². The third kappa shape index (κ3) is 6.10. The molecule has 2 aromatic carbocycles. The average molecular weight is 340 g/mol. The first-order valence-corrected chi connectivity index (χ1v) is 7.89. The van der Waals surface area contributed by atoms with Crippen LogP contribution in [0, 0.1) is 5.41 Å². The molecule has 0 aliphatic heterocycles. The van der Waals surface area contributed by atoms with Gasteiger partial charge in [-0.2, -0.15) is 0 Å². The number of nitrogens with one attached hydrogen (secondary N) is 2. The molecule has 130 valence electrons. The van der Waals surface area contributed by atoms with E-state index in [0.717, 1.165) is 11.1 Å². The first-order chi connectivity index (χ1) is 12.1. The standard InChI is InChI=1S/C19H20N2O4/c1-2-24-17(22)12-14-8-10-16(11-9-14)18(20)21-19(23)25-13-15-6-4-3-5-7-15/h3-11H,2,12-13H2,1H3,(H2,20,21,23). The van der Waals surface area contributed by atoms with Gasteiger partial charge in [0.05, 0.1) is 13.0 Å². The summed E-state index contributed by atoms with van der Waals surface area (Å²) in [7, 11) is 0. The SMILES string of the molecule is CCOC(=O)Cc1ccc(C(=N)NC(=O)OCc2ccccc2)cc1. The smallest absolute Gasteiger partial charge is 0.413 e. The summed E-state index contributed by atoms with van der Waals surface area (Å²) in [6.45, 7) is 2.24. The minimum absolute atomic E-state index is 0.0688. The highest BCUT2D eigenvalue weighted by molar-refractivity contribution is 6.04. The molecular formula is C19H20N2O4. The molecule has 2 rings (SSSR count). The number of amidine groups is 1. The summed E-state index contributed by atoms with van der Waals surface area (Å²) in [4.78, 5) is 23.2. The number of amides is 1. The zero-order chi connectivity index (χ0) is 18.1. The number of esters is 1. The molecule has 1 amide bonds. The number of rotatable bonds is 6. The lowest BCUT2D eigenvalue weighted by atomic mass is 10.1. The summed E-state index contributed by atoms with van der Waals surface area (Å²) >= 11 is 0. The van der Waals surface area contributed by atoms with Crippen LogP contribution in [-0.2, 0) is 27.3 Å². The molecule has 0 aromatic heterocycles. The highest BCUT2D eigenvalue weighted by Crippen LogP contribution is 2.07. The lowest BCUT2D eigenvalue weighted by Gasteiger charge is -2.09. The number of alkyl carbamates (subject to hydrolysis) is 1. The minimum Gasteiger partial charge on any atom is -0.466 e. The van der Waals surface area contributed by atoms with Crippen LogP contribution >= 0.6 is 0 Å². The van der Waals surface area contributed by atoms with Crippen molar-refractivity contribution in [1.82, 2.24) is 5.32 Å². The Hall–Kier alpha value is -3.15. The van der Waals surface area contributed by atoms with Gasteiger partial charge in [-0.3, -0.25) is 15.5 Å². The number of carbonyl (C=O) groups is 2. The van der Waals surface area contributed by atoms with E-state index >= 15 is 0 Å². The van der Waals surface area contributed by atoms with Crippen LogP contribution in [0.25, 0.3) is 0 Å². The maximum atomic E-state index is 11.7. The van der Waals surface area contributed by atoms with Crippen molar-refractivity contribution in [3.05, 3.63) is 71.3 Å². The van der Waals surface area contributed by atoms with E-state index in [2.05, 4.69) is 5.32 Å². The molecule has 0 radical (unpaired) electrons. The van der Waals surface area contributed by atoms with Gasteiger partial charge in [-0.25, -0.2) is 4.79 Å². The van der Waals surface area contributed by atoms with Crippen molar-refractivity contribution in [2.24, 2.45) is 0 Å². The van der Waals surface area contributed by atoms with Crippen LogP contribution in [0.2, 0.25) is 0 Å². The molecule has 2 N–H and O–H groups in total. The van der Waals surface area contributed by atoms with Crippen LogP contribution in [0.1, 0.15) is 23.6 Å². The molecule has 0 saturated carbocycles. The fraction of sp³-hybridized carbons (Fsp3) is 0.211. The molecular weight excluding hydrogens is 320 g/mol. The van der Waals surface area contributed by atoms with E-state index in [-0.39, 0.29) is 24.8 Å². The molecule has 0 heterocycles. The average Bonchev–Trinajstić information content (AvgIpc) is 2.61. The first kappa shape index (κ1) is 18.2. The Balaban J connectivity index is 1.83. The summed E-state index contributed by atoms with van der Waals surface area (Å²) < 4.78 is 9.96. The zero-order valence-electron chi connectivity index (χ0n) is 14.0. The molecule has 0 unspecified atom stereocenters. The fourth-order valence-electron chi connectivity index (χ4n) is 2.10. The van der Waals surface area contributed by atoms with Crippen molar-refractivity contribution >= 4 is 17.9 Å². The fourth-order valence-corrected chi connectivity index (χ4v) is 2.10. The minimum atomic E-state index is -0.690. The Morgan fingerprint density at radius 3 is 2.28 bits per heavy atom. The Bertz CT molecular complexity index is 727. The van der Waals surface area contributed by atoms with Crippen LogP contribution in [0.5, 0.6) is 0 Å². The van der Waals surface area contributed by atoms with Crippen molar-refractivity contribution in [3.8, 4) is 0 Å². The van der Waals surface area contributed by atoms with Crippen molar-refractivity contribution < 1.29 is 19.1 Å². The molecule has 0 aliphatic rings. The lowest BCUT2D eigenvalue weighted by molar-refractivity contribution is -0.142. The summed E-state index contributed by atoms with van der Waals surface area (Å²) in [5.41, 5.74) is 2.17. The normalized spacial score (nSPS) is 9.96. The van der Waals surface area contributed by atoms with Crippen molar-refractivity contribution in [2.75, 3.05) is 6.61 Å². The van der Waals surface area contributed by atoms with Gasteiger partial charge in [-0.15, -0.1) is 0 Å². The van der Waals surface area contributed by atoms with E-state index in [4.69, 9.17) is 14.9 Å². The van der Waals surface area contributed by atoms with E-state index in [0.29, 0.717) is 12.2 Å². The zero-order valence-corrected chi connectivity index (χ0v) is 14.0. The van der Waals surface area contributed by atoms with Crippen molar-refractivity contribution in [3.63, 3.8) is 0 Å². The number of carbonyl (C=O) groups excluding carboxylic acids is 2.